The van der Waals surface area contributed by atoms with Gasteiger partial charge in [-0.05, 0) is 46.3 Å². The van der Waals surface area contributed by atoms with Gasteiger partial charge in [-0.2, -0.15) is 0 Å². The number of thiophene rings is 1. The number of nitrogens with one attached hydrogen (secondary N) is 1. The van der Waals surface area contributed by atoms with Crippen LogP contribution in [0.4, 0.5) is 5.69 Å². The summed E-state index contributed by atoms with van der Waals surface area (Å²) in [6.45, 7) is 0. The molecule has 2 aromatic rings. The number of hydrogen-bond acceptors (Lipinski definition) is 4. The lowest BCUT2D eigenvalue weighted by Gasteiger charge is -2.09. The molecule has 1 aromatic heterocycles. The van der Waals surface area contributed by atoms with Crippen molar-refractivity contribution in [2.75, 3.05) is 4.72 Å². The first kappa shape index (κ1) is 15.3. The van der Waals surface area contributed by atoms with Gasteiger partial charge in [0.05, 0.1) is 14.5 Å². The van der Waals surface area contributed by atoms with E-state index in [4.69, 9.17) is 17.3 Å². The highest BCUT2D eigenvalue weighted by molar-refractivity contribution is 9.11. The smallest absolute Gasteiger partial charge is 0.271 e. The Hall–Kier alpha value is -1.09. The van der Waals surface area contributed by atoms with Crippen LogP contribution in [0.5, 0.6) is 0 Å². The van der Waals surface area contributed by atoms with Crippen LogP contribution >= 0.6 is 38.9 Å². The van der Waals surface area contributed by atoms with Gasteiger partial charge >= 0.3 is 0 Å². The Bertz CT molecular complexity index is 774. The van der Waals surface area contributed by atoms with Gasteiger partial charge in [0.25, 0.3) is 10.0 Å². The zero-order chi connectivity index (χ0) is 14.9. The number of sulfonamides is 1. The predicted octanol–water partition coefficient (Wildman–Crippen LogP) is 3.06. The monoisotopic (exact) mass is 394 g/mol. The Morgan fingerprint density at radius 3 is 2.55 bits per heavy atom. The fourth-order valence-corrected chi connectivity index (χ4v) is 4.70. The molecule has 0 saturated heterocycles. The lowest BCUT2D eigenvalue weighted by molar-refractivity contribution is 0.100. The molecule has 0 saturated carbocycles. The standard InChI is InChI=1S/C11H8BrClN2O3S2/c12-9-3-4-10(19-9)20(17,18)15-8-5-6(11(14)16)1-2-7(8)13/h1-5,15H,(H2,14,16). The van der Waals surface area contributed by atoms with Crippen LogP contribution in [0.3, 0.4) is 0 Å². The van der Waals surface area contributed by atoms with E-state index in [1.165, 1.54) is 24.3 Å². The van der Waals surface area contributed by atoms with Gasteiger partial charge in [0.1, 0.15) is 4.21 Å². The summed E-state index contributed by atoms with van der Waals surface area (Å²) in [4.78, 5) is 11.1. The average Bonchev–Trinajstić information content (AvgIpc) is 2.79. The zero-order valence-electron chi connectivity index (χ0n) is 9.76. The van der Waals surface area contributed by atoms with Crippen molar-refractivity contribution in [3.63, 3.8) is 0 Å². The molecule has 1 heterocycles. The van der Waals surface area contributed by atoms with Gasteiger partial charge in [-0.3, -0.25) is 9.52 Å². The van der Waals surface area contributed by atoms with E-state index in [1.807, 2.05) is 0 Å². The number of nitrogens with two attached hydrogens (primary N) is 1. The van der Waals surface area contributed by atoms with Crippen LogP contribution in [0.15, 0.2) is 38.3 Å². The number of anilines is 1. The summed E-state index contributed by atoms with van der Waals surface area (Å²) in [5, 5.41) is 0.175. The average molecular weight is 396 g/mol. The molecule has 0 aliphatic heterocycles. The van der Waals surface area contributed by atoms with Crippen LogP contribution in [0, 0.1) is 0 Å². The minimum absolute atomic E-state index is 0.104. The molecule has 0 aliphatic rings. The summed E-state index contributed by atoms with van der Waals surface area (Å²) >= 11 is 10.2. The first-order valence-corrected chi connectivity index (χ1v) is 8.64. The third-order valence-electron chi connectivity index (χ3n) is 2.31. The maximum absolute atomic E-state index is 12.2. The summed E-state index contributed by atoms with van der Waals surface area (Å²) in [6.07, 6.45) is 0. The highest BCUT2D eigenvalue weighted by Gasteiger charge is 2.18. The van der Waals surface area contributed by atoms with Gasteiger partial charge in [0.2, 0.25) is 5.91 Å². The van der Waals surface area contributed by atoms with Crippen molar-refractivity contribution < 1.29 is 13.2 Å². The van der Waals surface area contributed by atoms with Gasteiger partial charge < -0.3 is 5.73 Å². The van der Waals surface area contributed by atoms with E-state index in [1.54, 1.807) is 6.07 Å². The van der Waals surface area contributed by atoms with Crippen molar-refractivity contribution in [2.45, 2.75) is 4.21 Å². The number of primary amides is 1. The first-order chi connectivity index (χ1) is 9.29. The van der Waals surface area contributed by atoms with Crippen LogP contribution in [0.25, 0.3) is 0 Å². The topological polar surface area (TPSA) is 89.3 Å². The molecule has 0 aliphatic carbocycles. The lowest BCUT2D eigenvalue weighted by Crippen LogP contribution is -2.14. The zero-order valence-corrected chi connectivity index (χ0v) is 13.7. The number of amides is 1. The van der Waals surface area contributed by atoms with Gasteiger partial charge in [-0.25, -0.2) is 8.42 Å². The third kappa shape index (κ3) is 3.32. The molecule has 0 atom stereocenters. The second-order valence-corrected chi connectivity index (χ2v) is 8.50. The Labute approximate surface area is 132 Å². The van der Waals surface area contributed by atoms with Crippen molar-refractivity contribution in [3.8, 4) is 0 Å². The van der Waals surface area contributed by atoms with Crippen molar-refractivity contribution >= 4 is 60.5 Å². The number of carbonyl (C=O) groups excluding carboxylic acids is 1. The molecule has 106 valence electrons. The van der Waals surface area contributed by atoms with Crippen LogP contribution < -0.4 is 10.5 Å². The first-order valence-electron chi connectivity index (χ1n) is 5.17. The number of halogens is 2. The van der Waals surface area contributed by atoms with Crippen LogP contribution in [0.2, 0.25) is 5.02 Å². The highest BCUT2D eigenvalue weighted by Crippen LogP contribution is 2.30. The van der Waals surface area contributed by atoms with Crippen LogP contribution in [0.1, 0.15) is 10.4 Å². The van der Waals surface area contributed by atoms with Crippen molar-refractivity contribution in [1.82, 2.24) is 0 Å². The van der Waals surface area contributed by atoms with Gasteiger partial charge in [0.15, 0.2) is 0 Å². The van der Waals surface area contributed by atoms with E-state index in [9.17, 15) is 13.2 Å². The van der Waals surface area contributed by atoms with Crippen molar-refractivity contribution in [3.05, 3.63) is 44.7 Å². The minimum atomic E-state index is -3.76. The molecule has 0 unspecified atom stereocenters. The quantitative estimate of drug-likeness (QED) is 0.833. The molecule has 0 bridgehead atoms. The van der Waals surface area contributed by atoms with E-state index >= 15 is 0 Å². The molecule has 1 aromatic carbocycles. The SMILES string of the molecule is NC(=O)c1ccc(Cl)c(NS(=O)(=O)c2ccc(Br)s2)c1. The maximum Gasteiger partial charge on any atom is 0.271 e. The number of carbonyl (C=O) groups is 1. The van der Waals surface area contributed by atoms with E-state index in [0.29, 0.717) is 3.79 Å². The molecule has 9 heteroatoms. The summed E-state index contributed by atoms with van der Waals surface area (Å²) < 4.78 is 27.5. The van der Waals surface area contributed by atoms with Gasteiger partial charge in [-0.15, -0.1) is 11.3 Å². The van der Waals surface area contributed by atoms with Crippen LogP contribution in [-0.4, -0.2) is 14.3 Å². The predicted molar refractivity (Wildman–Crippen MR) is 82.8 cm³/mol. The Balaban J connectivity index is 2.39. The van der Waals surface area contributed by atoms with E-state index in [2.05, 4.69) is 20.7 Å². The second kappa shape index (κ2) is 5.72. The molecule has 0 spiro atoms. The normalized spacial score (nSPS) is 11.3. The van der Waals surface area contributed by atoms with Gasteiger partial charge in [-0.1, -0.05) is 11.6 Å². The van der Waals surface area contributed by atoms with E-state index in [-0.39, 0.29) is 20.5 Å². The molecule has 1 amide bonds. The Kier molecular flexibility index (Phi) is 4.38. The molecule has 20 heavy (non-hydrogen) atoms. The number of benzene rings is 1. The fraction of sp³-hybridized carbons (Fsp3) is 0. The molecular formula is C11H8BrClN2O3S2. The Morgan fingerprint density at radius 1 is 1.30 bits per heavy atom. The van der Waals surface area contributed by atoms with Crippen LogP contribution in [-0.2, 0) is 10.0 Å². The highest BCUT2D eigenvalue weighted by atomic mass is 79.9. The van der Waals surface area contributed by atoms with E-state index in [0.717, 1.165) is 11.3 Å². The summed E-state index contributed by atoms with van der Waals surface area (Å²) in [7, 11) is -3.76. The lowest BCUT2D eigenvalue weighted by atomic mass is 10.2. The van der Waals surface area contributed by atoms with Gasteiger partial charge in [0, 0.05) is 5.56 Å². The fourth-order valence-electron chi connectivity index (χ4n) is 1.39. The second-order valence-electron chi connectivity index (χ2n) is 3.72. The maximum atomic E-state index is 12.2. The summed E-state index contributed by atoms with van der Waals surface area (Å²) in [5.41, 5.74) is 5.42. The largest absolute Gasteiger partial charge is 0.366 e. The molecule has 0 radical (unpaired) electrons. The van der Waals surface area contributed by atoms with Crippen molar-refractivity contribution in [1.29, 1.82) is 0 Å². The summed E-state index contributed by atoms with van der Waals surface area (Å²) in [5.74, 6) is -0.666. The third-order valence-corrected chi connectivity index (χ3v) is 6.12. The molecule has 2 rings (SSSR count). The number of hydrogen-bond donors (Lipinski definition) is 2. The molecule has 5 nitrogen and oxygen atoms in total. The minimum Gasteiger partial charge on any atom is -0.366 e. The summed E-state index contributed by atoms with van der Waals surface area (Å²) in [6, 6.07) is 7.21. The van der Waals surface area contributed by atoms with Crippen molar-refractivity contribution in [2.24, 2.45) is 5.73 Å². The molecule has 3 N–H and O–H groups in total. The Morgan fingerprint density at radius 2 is 2.00 bits per heavy atom. The van der Waals surface area contributed by atoms with E-state index < -0.39 is 15.9 Å². The number of rotatable bonds is 4. The molecule has 0 fully saturated rings. The molecular weight excluding hydrogens is 388 g/mol.